The molecule has 2 aliphatic heterocycles. The molecule has 1 aromatic heterocycles. The molecule has 7 heteroatoms. The van der Waals surface area contributed by atoms with Gasteiger partial charge in [-0.15, -0.1) is 0 Å². The first-order valence-corrected chi connectivity index (χ1v) is 14.1. The number of hydrogen-bond donors (Lipinski definition) is 0. The normalized spacial score (nSPS) is 20.7. The van der Waals surface area contributed by atoms with Crippen molar-refractivity contribution < 1.29 is 8.42 Å². The molecular weight excluding hydrogens is 444 g/mol. The first kappa shape index (κ1) is 21.9. The van der Waals surface area contributed by atoms with E-state index in [0.29, 0.717) is 5.92 Å². The Morgan fingerprint density at radius 2 is 1.71 bits per heavy atom. The largest absolute Gasteiger partial charge is 0.354 e. The Hall–Kier alpha value is -2.64. The van der Waals surface area contributed by atoms with Gasteiger partial charge in [-0.25, -0.2) is 8.42 Å². The second-order valence-corrected chi connectivity index (χ2v) is 12.8. The summed E-state index contributed by atoms with van der Waals surface area (Å²) in [5.74, 6) is 0.592. The molecule has 3 aliphatic rings. The number of hydrogen-bond acceptors (Lipinski definition) is 6. The van der Waals surface area contributed by atoms with Crippen molar-refractivity contribution in [3.05, 3.63) is 59.8 Å². The van der Waals surface area contributed by atoms with E-state index in [2.05, 4.69) is 59.1 Å². The maximum Gasteiger partial charge on any atom is 0.157 e. The van der Waals surface area contributed by atoms with Crippen LogP contribution in [-0.4, -0.2) is 58.4 Å². The molecule has 1 saturated heterocycles. The highest BCUT2D eigenvalue weighted by molar-refractivity contribution is 7.92. The van der Waals surface area contributed by atoms with Gasteiger partial charge in [0.05, 0.1) is 34.5 Å². The van der Waals surface area contributed by atoms with Crippen molar-refractivity contribution in [2.24, 2.45) is 0 Å². The fourth-order valence-corrected chi connectivity index (χ4v) is 7.25. The molecule has 6 rings (SSSR count). The molecule has 3 aromatic rings. The molecule has 2 aromatic carbocycles. The second kappa shape index (κ2) is 7.68. The van der Waals surface area contributed by atoms with Gasteiger partial charge in [0, 0.05) is 24.4 Å². The monoisotopic (exact) mass is 476 g/mol. The number of pyridine rings is 1. The minimum Gasteiger partial charge on any atom is -0.354 e. The van der Waals surface area contributed by atoms with Crippen LogP contribution in [0.5, 0.6) is 0 Å². The van der Waals surface area contributed by atoms with E-state index in [0.717, 1.165) is 55.1 Å². The Kier molecular flexibility index (Phi) is 4.94. The minimum absolute atomic E-state index is 0.592. The minimum atomic E-state index is -3.11. The van der Waals surface area contributed by atoms with Gasteiger partial charge in [-0.05, 0) is 87.1 Å². The quantitative estimate of drug-likeness (QED) is 0.548. The predicted octanol–water partition coefficient (Wildman–Crippen LogP) is 4.62. The molecule has 178 valence electrons. The number of piperidine rings is 1. The Morgan fingerprint density at radius 1 is 1.00 bits per heavy atom. The lowest BCUT2D eigenvalue weighted by molar-refractivity contribution is 0.255. The third-order valence-electron chi connectivity index (χ3n) is 8.19. The summed E-state index contributed by atoms with van der Waals surface area (Å²) in [6, 6.07) is 15.0. The number of fused-ring (bicyclic) bond motifs is 3. The summed E-state index contributed by atoms with van der Waals surface area (Å²) in [6.45, 7) is 3.03. The molecule has 34 heavy (non-hydrogen) atoms. The highest BCUT2D eigenvalue weighted by atomic mass is 32.2. The van der Waals surface area contributed by atoms with Crippen molar-refractivity contribution in [2.45, 2.75) is 36.3 Å². The SMILES string of the molecule is CN1CCC(c2ccc3ncc4c(c3c2)N(c2ccc(C3(S(C)(=O)=O)CC3)cc2)CN4C)CC1. The number of rotatable bonds is 4. The lowest BCUT2D eigenvalue weighted by Gasteiger charge is -2.29. The van der Waals surface area contributed by atoms with Crippen molar-refractivity contribution >= 4 is 37.8 Å². The van der Waals surface area contributed by atoms with Crippen molar-refractivity contribution in [2.75, 3.05) is 49.9 Å². The highest BCUT2D eigenvalue weighted by Gasteiger charge is 2.53. The Bertz CT molecular complexity index is 1360. The summed E-state index contributed by atoms with van der Waals surface area (Å²) in [5.41, 5.74) is 6.74. The molecule has 2 fully saturated rings. The van der Waals surface area contributed by atoms with Gasteiger partial charge in [-0.1, -0.05) is 18.2 Å². The summed E-state index contributed by atoms with van der Waals surface area (Å²) in [6.07, 6.45) is 7.16. The van der Waals surface area contributed by atoms with Crippen LogP contribution in [0.25, 0.3) is 10.9 Å². The van der Waals surface area contributed by atoms with Gasteiger partial charge in [0.2, 0.25) is 0 Å². The van der Waals surface area contributed by atoms with E-state index < -0.39 is 14.6 Å². The molecule has 0 radical (unpaired) electrons. The zero-order valence-electron chi connectivity index (χ0n) is 20.2. The van der Waals surface area contributed by atoms with E-state index in [9.17, 15) is 8.42 Å². The number of likely N-dealkylation sites (tertiary alicyclic amines) is 1. The van der Waals surface area contributed by atoms with Crippen molar-refractivity contribution in [1.82, 2.24) is 9.88 Å². The molecule has 6 nitrogen and oxygen atoms in total. The molecule has 0 bridgehead atoms. The molecule has 1 aliphatic carbocycles. The standard InChI is InChI=1S/C27H32N4O2S/c1-29-14-10-19(11-15-29)20-4-9-24-23(16-20)26-25(17-28-24)30(2)18-31(26)22-7-5-21(6-8-22)27(12-13-27)34(3,32)33/h4-9,16-17,19H,10-15,18H2,1-3H3. The first-order valence-electron chi connectivity index (χ1n) is 12.2. The smallest absolute Gasteiger partial charge is 0.157 e. The number of sulfone groups is 1. The number of aromatic nitrogens is 1. The lowest BCUT2D eigenvalue weighted by Crippen LogP contribution is -2.29. The number of benzene rings is 2. The Labute approximate surface area is 202 Å². The van der Waals surface area contributed by atoms with E-state index >= 15 is 0 Å². The molecule has 0 N–H and O–H groups in total. The van der Waals surface area contributed by atoms with Gasteiger partial charge < -0.3 is 14.7 Å². The zero-order chi connectivity index (χ0) is 23.7. The van der Waals surface area contributed by atoms with Crippen LogP contribution in [0.3, 0.4) is 0 Å². The molecule has 0 amide bonds. The van der Waals surface area contributed by atoms with E-state index in [1.807, 2.05) is 18.3 Å². The fourth-order valence-electron chi connectivity index (χ4n) is 5.85. The highest BCUT2D eigenvalue weighted by Crippen LogP contribution is 2.53. The molecule has 3 heterocycles. The molecular formula is C27H32N4O2S. The molecule has 0 atom stereocenters. The Balaban J connectivity index is 1.40. The van der Waals surface area contributed by atoms with Crippen molar-refractivity contribution in [1.29, 1.82) is 0 Å². The summed E-state index contributed by atoms with van der Waals surface area (Å²) in [7, 11) is 1.19. The zero-order valence-corrected chi connectivity index (χ0v) is 21.0. The van der Waals surface area contributed by atoms with Crippen LogP contribution in [0.2, 0.25) is 0 Å². The van der Waals surface area contributed by atoms with Crippen LogP contribution in [0, 0.1) is 0 Å². The van der Waals surface area contributed by atoms with Crippen LogP contribution < -0.4 is 9.80 Å². The van der Waals surface area contributed by atoms with Crippen LogP contribution in [0.1, 0.15) is 42.7 Å². The second-order valence-electron chi connectivity index (χ2n) is 10.4. The third-order valence-corrected chi connectivity index (χ3v) is 10.3. The van der Waals surface area contributed by atoms with Crippen LogP contribution in [0.4, 0.5) is 17.1 Å². The molecule has 0 unspecified atom stereocenters. The van der Waals surface area contributed by atoms with Gasteiger partial charge >= 0.3 is 0 Å². The van der Waals surface area contributed by atoms with Crippen molar-refractivity contribution in [3.63, 3.8) is 0 Å². The third kappa shape index (κ3) is 3.40. The first-order chi connectivity index (χ1) is 16.3. The average molecular weight is 477 g/mol. The van der Waals surface area contributed by atoms with Gasteiger partial charge in [-0.3, -0.25) is 4.98 Å². The summed E-state index contributed by atoms with van der Waals surface area (Å²) < 4.78 is 24.1. The van der Waals surface area contributed by atoms with Gasteiger partial charge in [0.15, 0.2) is 9.84 Å². The van der Waals surface area contributed by atoms with Gasteiger partial charge in [-0.2, -0.15) is 0 Å². The fraction of sp³-hybridized carbons (Fsp3) is 0.444. The van der Waals surface area contributed by atoms with Crippen molar-refractivity contribution in [3.8, 4) is 0 Å². The van der Waals surface area contributed by atoms with Crippen LogP contribution in [0.15, 0.2) is 48.7 Å². The van der Waals surface area contributed by atoms with E-state index in [1.54, 1.807) is 0 Å². The van der Waals surface area contributed by atoms with Crippen LogP contribution >= 0.6 is 0 Å². The number of nitrogens with zero attached hydrogens (tertiary/aromatic N) is 4. The molecule has 1 saturated carbocycles. The molecule has 0 spiro atoms. The van der Waals surface area contributed by atoms with Gasteiger partial charge in [0.25, 0.3) is 0 Å². The Morgan fingerprint density at radius 3 is 2.35 bits per heavy atom. The van der Waals surface area contributed by atoms with E-state index in [4.69, 9.17) is 4.98 Å². The van der Waals surface area contributed by atoms with E-state index in [-0.39, 0.29) is 0 Å². The summed E-state index contributed by atoms with van der Waals surface area (Å²) in [4.78, 5) is 11.7. The lowest BCUT2D eigenvalue weighted by atomic mass is 9.88. The topological polar surface area (TPSA) is 56.8 Å². The number of anilines is 3. The maximum atomic E-state index is 12.4. The van der Waals surface area contributed by atoms with E-state index in [1.165, 1.54) is 35.7 Å². The summed E-state index contributed by atoms with van der Waals surface area (Å²) >= 11 is 0. The van der Waals surface area contributed by atoms with Gasteiger partial charge in [0.1, 0.15) is 0 Å². The summed E-state index contributed by atoms with van der Waals surface area (Å²) in [5, 5.41) is 1.19. The predicted molar refractivity (Wildman–Crippen MR) is 139 cm³/mol. The average Bonchev–Trinajstić information content (AvgIpc) is 3.58. The van der Waals surface area contributed by atoms with Crippen LogP contribution in [-0.2, 0) is 14.6 Å². The maximum absolute atomic E-state index is 12.4.